The summed E-state index contributed by atoms with van der Waals surface area (Å²) < 4.78 is 29.3. The van der Waals surface area contributed by atoms with Crippen LogP contribution in [0.25, 0.3) is 28.3 Å². The van der Waals surface area contributed by atoms with Crippen LogP contribution in [0.5, 0.6) is 0 Å². The number of piperidine rings is 1. The first-order valence-electron chi connectivity index (χ1n) is 23.5. The Kier molecular flexibility index (Phi) is 14.5. The fraction of sp³-hybridized carbons (Fsp3) is 0.681. The lowest BCUT2D eigenvalue weighted by molar-refractivity contribution is 0.00565. The van der Waals surface area contributed by atoms with Crippen molar-refractivity contribution in [2.75, 3.05) is 38.2 Å². The third-order valence-corrected chi connectivity index (χ3v) is 17.5. The van der Waals surface area contributed by atoms with Gasteiger partial charge in [0.05, 0.1) is 11.9 Å². The van der Waals surface area contributed by atoms with Crippen molar-refractivity contribution >= 4 is 41.8 Å². The van der Waals surface area contributed by atoms with Crippen LogP contribution in [0.3, 0.4) is 0 Å². The van der Waals surface area contributed by atoms with E-state index in [-0.39, 0.29) is 24.1 Å². The molecule has 0 radical (unpaired) electrons. The molecule has 6 heterocycles. The molecule has 3 aliphatic rings. The lowest BCUT2D eigenvalue weighted by Gasteiger charge is -2.40. The van der Waals surface area contributed by atoms with Crippen LogP contribution in [0.15, 0.2) is 36.9 Å². The van der Waals surface area contributed by atoms with Crippen LogP contribution in [0.4, 0.5) is 10.6 Å². The number of anilines is 1. The zero-order chi connectivity index (χ0) is 45.3. The molecule has 3 fully saturated rings. The van der Waals surface area contributed by atoms with E-state index in [9.17, 15) is 4.79 Å². The molecule has 7 rings (SSSR count). The Labute approximate surface area is 379 Å². The van der Waals surface area contributed by atoms with Crippen molar-refractivity contribution < 1.29 is 23.7 Å². The molecule has 0 spiro atoms. The molecule has 3 atom stereocenters. The number of fused-ring (bicyclic) bond motifs is 3. The number of carbonyl (C=O) groups excluding carboxylic acids is 1. The zero-order valence-electron chi connectivity index (χ0n) is 40.5. The number of carbonyl (C=O) groups is 1. The highest BCUT2D eigenvalue weighted by atomic mass is 28.3. The Bertz CT molecular complexity index is 2130. The van der Waals surface area contributed by atoms with E-state index >= 15 is 0 Å². The number of aromatic nitrogens is 6. The third kappa shape index (κ3) is 12.5. The van der Waals surface area contributed by atoms with Crippen molar-refractivity contribution in [3.05, 3.63) is 48.2 Å². The summed E-state index contributed by atoms with van der Waals surface area (Å²) in [6.07, 6.45) is 13.3. The molecule has 63 heavy (non-hydrogen) atoms. The largest absolute Gasteiger partial charge is 0.444 e. The lowest BCUT2D eigenvalue weighted by Crippen LogP contribution is -2.48. The number of hydrogen-bond acceptors (Lipinski definition) is 10. The minimum Gasteiger partial charge on any atom is -0.444 e. The molecule has 1 amide bonds. The number of amides is 1. The molecule has 1 saturated carbocycles. The van der Waals surface area contributed by atoms with Gasteiger partial charge < -0.3 is 33.3 Å². The fourth-order valence-corrected chi connectivity index (χ4v) is 11.0. The van der Waals surface area contributed by atoms with Gasteiger partial charge in [-0.15, -0.1) is 0 Å². The Morgan fingerprint density at radius 3 is 1.92 bits per heavy atom. The van der Waals surface area contributed by atoms with Crippen LogP contribution in [-0.4, -0.2) is 115 Å². The Morgan fingerprint density at radius 2 is 1.38 bits per heavy atom. The summed E-state index contributed by atoms with van der Waals surface area (Å²) in [7, 11) is -3.82. The first-order chi connectivity index (χ1) is 29.6. The normalized spacial score (nSPS) is 19.6. The van der Waals surface area contributed by atoms with Gasteiger partial charge in [-0.25, -0.2) is 14.8 Å². The second-order valence-corrected chi connectivity index (χ2v) is 39.8. The summed E-state index contributed by atoms with van der Waals surface area (Å²) in [5.41, 5.74) is 5.30. The molecule has 2 aliphatic heterocycles. The number of ether oxygens (including phenoxy) is 4. The molecule has 0 unspecified atom stereocenters. The summed E-state index contributed by atoms with van der Waals surface area (Å²) >= 11 is 0. The van der Waals surface area contributed by atoms with Crippen molar-refractivity contribution in [1.29, 1.82) is 0 Å². The number of pyridine rings is 1. The van der Waals surface area contributed by atoms with Crippen molar-refractivity contribution in [1.82, 2.24) is 34.0 Å². The Morgan fingerprint density at radius 1 is 0.778 bits per heavy atom. The highest BCUT2D eigenvalue weighted by Crippen LogP contribution is 2.52. The summed E-state index contributed by atoms with van der Waals surface area (Å²) in [6.45, 7) is 30.7. The van der Waals surface area contributed by atoms with Crippen molar-refractivity contribution in [2.24, 2.45) is 0 Å². The Balaban J connectivity index is 1.27. The number of nitrogens with zero attached hydrogens (tertiary/aromatic N) is 8. The molecule has 2 saturated heterocycles. The van der Waals surface area contributed by atoms with Crippen LogP contribution in [-0.2, 0) is 25.7 Å². The highest BCUT2D eigenvalue weighted by Gasteiger charge is 2.47. The van der Waals surface area contributed by atoms with E-state index in [1.165, 1.54) is 5.56 Å². The first kappa shape index (κ1) is 47.5. The Hall–Kier alpha value is -3.42. The molecule has 13 nitrogen and oxygen atoms in total. The van der Waals surface area contributed by atoms with Gasteiger partial charge in [0, 0.05) is 97.3 Å². The van der Waals surface area contributed by atoms with E-state index in [0.29, 0.717) is 39.3 Å². The van der Waals surface area contributed by atoms with E-state index < -0.39 is 29.8 Å². The maximum absolute atomic E-state index is 13.6. The van der Waals surface area contributed by atoms with Crippen molar-refractivity contribution in [2.45, 2.75) is 173 Å². The van der Waals surface area contributed by atoms with E-state index in [4.69, 9.17) is 34.0 Å². The van der Waals surface area contributed by atoms with Gasteiger partial charge in [0.1, 0.15) is 37.3 Å². The quantitative estimate of drug-likeness (QED) is 0.0481. The second kappa shape index (κ2) is 19.2. The molecular formula is C47H76N8O5Si3. The smallest absolute Gasteiger partial charge is 0.410 e. The van der Waals surface area contributed by atoms with Gasteiger partial charge in [-0.2, -0.15) is 9.61 Å². The number of hydrogen-bond donors (Lipinski definition) is 0. The molecule has 1 aliphatic carbocycles. The van der Waals surface area contributed by atoms with Gasteiger partial charge in [0.25, 0.3) is 0 Å². The summed E-state index contributed by atoms with van der Waals surface area (Å²) in [5, 5.41) is 5.15. The maximum Gasteiger partial charge on any atom is 0.410 e. The molecule has 0 aromatic carbocycles. The predicted molar refractivity (Wildman–Crippen MR) is 261 cm³/mol. The van der Waals surface area contributed by atoms with E-state index in [2.05, 4.69) is 79.4 Å². The van der Waals surface area contributed by atoms with Gasteiger partial charge in [0.2, 0.25) is 0 Å². The zero-order valence-corrected chi connectivity index (χ0v) is 43.5. The topological polar surface area (TPSA) is 121 Å². The maximum atomic E-state index is 13.6. The van der Waals surface area contributed by atoms with Gasteiger partial charge in [0.15, 0.2) is 11.5 Å². The molecule has 2 bridgehead atoms. The second-order valence-electron chi connectivity index (χ2n) is 23.0. The summed E-state index contributed by atoms with van der Waals surface area (Å²) in [4.78, 5) is 33.2. The van der Waals surface area contributed by atoms with E-state index in [1.807, 2.05) is 61.1 Å². The van der Waals surface area contributed by atoms with E-state index in [0.717, 1.165) is 103 Å². The first-order valence-corrected chi connectivity index (χ1v) is 34.7. The molecule has 4 aromatic rings. The lowest BCUT2D eigenvalue weighted by atomic mass is 9.85. The van der Waals surface area contributed by atoms with Crippen LogP contribution in [0.1, 0.15) is 82.4 Å². The highest BCUT2D eigenvalue weighted by molar-refractivity contribution is 6.76. The summed E-state index contributed by atoms with van der Waals surface area (Å²) in [6, 6.07) is 7.66. The molecule has 16 heteroatoms. The fourth-order valence-electron chi connectivity index (χ4n) is 8.74. The van der Waals surface area contributed by atoms with Gasteiger partial charge in [-0.05, 0) is 89.4 Å². The molecule has 4 aromatic heterocycles. The average molecular weight is 917 g/mol. The number of imidazole rings is 1. The standard InChI is InChI=1S/C47H76N8O5Si3/c1-47(2,3)60-46(56)54-37-16-17-38(54)28-36(27-37)42-41(34-13-14-34)45(53(32-58-22-25-62(7,8)9)33-59-23-26-63(10,11)12)55-43(51-42)39(30-50-55)35-15-18-40(49-29-35)44-48-19-20-52(44)31-57-21-24-61(4,5)6/h15,18-20,29-30,34,36-38H,13-14,16-17,21-28,31-33H2,1-12H3/t36-,37+,38-. The average Bonchev–Trinajstić information content (AvgIpc) is 3.65. The minimum absolute atomic E-state index is 0.113. The molecule has 346 valence electrons. The summed E-state index contributed by atoms with van der Waals surface area (Å²) in [5.74, 6) is 2.35. The van der Waals surface area contributed by atoms with Crippen LogP contribution in [0, 0.1) is 0 Å². The van der Waals surface area contributed by atoms with Crippen LogP contribution >= 0.6 is 0 Å². The van der Waals surface area contributed by atoms with Crippen LogP contribution < -0.4 is 4.90 Å². The van der Waals surface area contributed by atoms with Crippen LogP contribution in [0.2, 0.25) is 77.1 Å². The third-order valence-electron chi connectivity index (χ3n) is 12.4. The van der Waals surface area contributed by atoms with Gasteiger partial charge >= 0.3 is 6.09 Å². The SMILES string of the molecule is CC(C)(C)OC(=O)N1[C@@H]2CC[C@H]1C[C@@H](c1nc3c(-c4ccc(-c5nccn5COCC[Si](C)(C)C)nc4)cnn3c(N(COCC[Si](C)(C)C)COCC[Si](C)(C)C)c1C1CC1)C2. The molecular weight excluding hydrogens is 841 g/mol. The van der Waals surface area contributed by atoms with Gasteiger partial charge in [-0.3, -0.25) is 4.98 Å². The number of rotatable bonds is 20. The minimum atomic E-state index is -1.31. The van der Waals surface area contributed by atoms with E-state index in [1.54, 1.807) is 0 Å². The monoisotopic (exact) mass is 917 g/mol. The van der Waals surface area contributed by atoms with Crippen molar-refractivity contribution in [3.63, 3.8) is 0 Å². The predicted octanol–water partition coefficient (Wildman–Crippen LogP) is 10.9. The molecule has 0 N–H and O–H groups in total. The van der Waals surface area contributed by atoms with Crippen molar-refractivity contribution in [3.8, 4) is 22.6 Å². The van der Waals surface area contributed by atoms with Gasteiger partial charge in [-0.1, -0.05) is 65.0 Å².